The first kappa shape index (κ1) is 13.4. The zero-order valence-corrected chi connectivity index (χ0v) is 11.8. The van der Waals surface area contributed by atoms with E-state index in [0.717, 1.165) is 37.9 Å². The summed E-state index contributed by atoms with van der Waals surface area (Å²) in [5, 5.41) is 16.4. The molecule has 1 amide bonds. The van der Waals surface area contributed by atoms with Crippen molar-refractivity contribution in [2.45, 2.75) is 38.6 Å². The minimum atomic E-state index is -0.263. The quantitative estimate of drug-likeness (QED) is 0.762. The van der Waals surface area contributed by atoms with Crippen LogP contribution in [0, 0.1) is 12.3 Å². The van der Waals surface area contributed by atoms with Crippen LogP contribution in [0.5, 0.6) is 5.75 Å². The lowest BCUT2D eigenvalue weighted by Gasteiger charge is -2.51. The average Bonchev–Trinajstić information content (AvgIpc) is 2.37. The van der Waals surface area contributed by atoms with Crippen LogP contribution in [0.3, 0.4) is 0 Å². The van der Waals surface area contributed by atoms with Gasteiger partial charge in [0.2, 0.25) is 0 Å². The zero-order valence-electron chi connectivity index (χ0n) is 11.8. The Bertz CT molecular complexity index is 526. The molecule has 20 heavy (non-hydrogen) atoms. The molecule has 1 aliphatic carbocycles. The van der Waals surface area contributed by atoms with Gasteiger partial charge in [0.1, 0.15) is 5.75 Å². The molecule has 2 aliphatic rings. The molecule has 3 N–H and O–H groups in total. The van der Waals surface area contributed by atoms with Crippen molar-refractivity contribution in [2.24, 2.45) is 5.41 Å². The topological polar surface area (TPSA) is 74.2 Å². The van der Waals surface area contributed by atoms with Crippen molar-refractivity contribution in [1.29, 1.82) is 0 Å². The molecular formula is C15H21N3O2. The Morgan fingerprint density at radius 3 is 3.00 bits per heavy atom. The monoisotopic (exact) mass is 275 g/mol. The highest BCUT2D eigenvalue weighted by Crippen LogP contribution is 2.45. The number of pyridine rings is 1. The molecule has 0 radical (unpaired) electrons. The molecule has 1 aromatic rings. The second-order valence-corrected chi connectivity index (χ2v) is 6.09. The van der Waals surface area contributed by atoms with Crippen molar-refractivity contribution in [2.75, 3.05) is 13.1 Å². The number of aromatic hydroxyl groups is 1. The van der Waals surface area contributed by atoms with Gasteiger partial charge in [-0.05, 0) is 44.4 Å². The number of hydrogen-bond acceptors (Lipinski definition) is 4. The van der Waals surface area contributed by atoms with Gasteiger partial charge in [-0.3, -0.25) is 4.79 Å². The van der Waals surface area contributed by atoms with Crippen molar-refractivity contribution < 1.29 is 9.90 Å². The molecule has 2 heterocycles. The first-order valence-corrected chi connectivity index (χ1v) is 7.28. The number of rotatable bonds is 2. The largest absolute Gasteiger partial charge is 0.505 e. The van der Waals surface area contributed by atoms with Crippen molar-refractivity contribution in [1.82, 2.24) is 15.6 Å². The molecule has 1 aromatic heterocycles. The summed E-state index contributed by atoms with van der Waals surface area (Å²) < 4.78 is 0. The summed E-state index contributed by atoms with van der Waals surface area (Å²) in [6.45, 7) is 3.75. The molecule has 1 atom stereocenters. The van der Waals surface area contributed by atoms with Gasteiger partial charge in [-0.1, -0.05) is 6.42 Å². The van der Waals surface area contributed by atoms with E-state index in [9.17, 15) is 9.90 Å². The minimum Gasteiger partial charge on any atom is -0.505 e. The maximum Gasteiger partial charge on any atom is 0.273 e. The lowest BCUT2D eigenvalue weighted by atomic mass is 9.62. The number of carbonyl (C=O) groups is 1. The fraction of sp³-hybridized carbons (Fsp3) is 0.600. The molecule has 1 unspecified atom stereocenters. The van der Waals surface area contributed by atoms with Gasteiger partial charge in [0.25, 0.3) is 5.91 Å². The van der Waals surface area contributed by atoms with E-state index in [4.69, 9.17) is 0 Å². The lowest BCUT2D eigenvalue weighted by molar-refractivity contribution is 0.0430. The summed E-state index contributed by atoms with van der Waals surface area (Å²) in [5.74, 6) is -0.306. The first-order valence-electron chi connectivity index (χ1n) is 7.28. The molecule has 1 aliphatic heterocycles. The Morgan fingerprint density at radius 1 is 1.55 bits per heavy atom. The van der Waals surface area contributed by atoms with Crippen molar-refractivity contribution in [3.63, 3.8) is 0 Å². The zero-order chi connectivity index (χ0) is 14.2. The number of nitrogens with zero attached hydrogens (tertiary/aromatic N) is 1. The van der Waals surface area contributed by atoms with E-state index in [1.54, 1.807) is 12.3 Å². The van der Waals surface area contributed by atoms with Crippen molar-refractivity contribution in [3.8, 4) is 5.75 Å². The van der Waals surface area contributed by atoms with E-state index in [-0.39, 0.29) is 28.8 Å². The van der Waals surface area contributed by atoms with Gasteiger partial charge >= 0.3 is 0 Å². The second-order valence-electron chi connectivity index (χ2n) is 6.09. The first-order chi connectivity index (χ1) is 9.61. The maximum atomic E-state index is 12.3. The van der Waals surface area contributed by atoms with E-state index in [1.807, 2.05) is 6.92 Å². The van der Waals surface area contributed by atoms with Crippen molar-refractivity contribution in [3.05, 3.63) is 23.5 Å². The fourth-order valence-corrected chi connectivity index (χ4v) is 3.35. The predicted octanol–water partition coefficient (Wildman–Crippen LogP) is 1.36. The summed E-state index contributed by atoms with van der Waals surface area (Å²) in [7, 11) is 0. The highest BCUT2D eigenvalue weighted by molar-refractivity contribution is 5.95. The van der Waals surface area contributed by atoms with E-state index in [2.05, 4.69) is 15.6 Å². The van der Waals surface area contributed by atoms with E-state index in [0.29, 0.717) is 0 Å². The SMILES string of the molecule is Cc1cnc(C(=O)NC2CCNCC23CCC3)c(O)c1. The Labute approximate surface area is 118 Å². The standard InChI is InChI=1S/C15H21N3O2/c1-10-7-11(19)13(17-8-10)14(20)18-12-3-6-16-9-15(12)4-2-5-15/h7-8,12,16,19H,2-6,9H2,1H3,(H,18,20). The molecule has 5 heteroatoms. The summed E-state index contributed by atoms with van der Waals surface area (Å²) in [5.41, 5.74) is 1.19. The number of amides is 1. The summed E-state index contributed by atoms with van der Waals surface area (Å²) in [6, 6.07) is 1.76. The molecule has 108 valence electrons. The third-order valence-corrected chi connectivity index (χ3v) is 4.70. The number of nitrogens with one attached hydrogen (secondary N) is 2. The highest BCUT2D eigenvalue weighted by Gasteiger charge is 2.46. The van der Waals surface area contributed by atoms with E-state index in [1.165, 1.54) is 6.42 Å². The van der Waals surface area contributed by atoms with Gasteiger partial charge in [0.05, 0.1) is 0 Å². The van der Waals surface area contributed by atoms with Crippen LogP contribution >= 0.6 is 0 Å². The Hall–Kier alpha value is -1.62. The summed E-state index contributed by atoms with van der Waals surface area (Å²) in [4.78, 5) is 16.4. The van der Waals surface area contributed by atoms with Crippen LogP contribution in [0.15, 0.2) is 12.3 Å². The van der Waals surface area contributed by atoms with Crippen LogP contribution in [-0.2, 0) is 0 Å². The van der Waals surface area contributed by atoms with E-state index < -0.39 is 0 Å². The number of hydrogen-bond donors (Lipinski definition) is 3. The van der Waals surface area contributed by atoms with Gasteiger partial charge in [-0.15, -0.1) is 0 Å². The molecule has 1 saturated carbocycles. The molecule has 2 fully saturated rings. The van der Waals surface area contributed by atoms with Crippen LogP contribution in [0.2, 0.25) is 0 Å². The lowest BCUT2D eigenvalue weighted by Crippen LogP contribution is -2.60. The third kappa shape index (κ3) is 2.26. The molecule has 0 bridgehead atoms. The van der Waals surface area contributed by atoms with Gasteiger partial charge in [-0.2, -0.15) is 0 Å². The second kappa shape index (κ2) is 5.05. The van der Waals surface area contributed by atoms with Crippen LogP contribution in [0.1, 0.15) is 41.7 Å². The van der Waals surface area contributed by atoms with Gasteiger partial charge in [-0.25, -0.2) is 4.98 Å². The molecular weight excluding hydrogens is 254 g/mol. The minimum absolute atomic E-state index is 0.0425. The van der Waals surface area contributed by atoms with Gasteiger partial charge < -0.3 is 15.7 Å². The number of piperidine rings is 1. The Balaban J connectivity index is 1.74. The Morgan fingerprint density at radius 2 is 2.35 bits per heavy atom. The number of aromatic nitrogens is 1. The number of carbonyl (C=O) groups excluding carboxylic acids is 1. The summed E-state index contributed by atoms with van der Waals surface area (Å²) in [6.07, 6.45) is 6.12. The molecule has 1 saturated heterocycles. The third-order valence-electron chi connectivity index (χ3n) is 4.70. The van der Waals surface area contributed by atoms with Crippen LogP contribution < -0.4 is 10.6 Å². The molecule has 3 rings (SSSR count). The van der Waals surface area contributed by atoms with Crippen molar-refractivity contribution >= 4 is 5.91 Å². The Kier molecular flexibility index (Phi) is 3.38. The smallest absolute Gasteiger partial charge is 0.273 e. The molecule has 0 aromatic carbocycles. The maximum absolute atomic E-state index is 12.3. The normalized spacial score (nSPS) is 24.1. The average molecular weight is 275 g/mol. The highest BCUT2D eigenvalue weighted by atomic mass is 16.3. The predicted molar refractivity (Wildman–Crippen MR) is 75.7 cm³/mol. The van der Waals surface area contributed by atoms with Crippen LogP contribution in [0.25, 0.3) is 0 Å². The van der Waals surface area contributed by atoms with E-state index >= 15 is 0 Å². The fourth-order valence-electron chi connectivity index (χ4n) is 3.35. The van der Waals surface area contributed by atoms with Gasteiger partial charge in [0, 0.05) is 24.2 Å². The van der Waals surface area contributed by atoms with Gasteiger partial charge in [0.15, 0.2) is 5.69 Å². The molecule has 1 spiro atoms. The number of aryl methyl sites for hydroxylation is 1. The van der Waals surface area contributed by atoms with Crippen LogP contribution in [-0.4, -0.2) is 35.1 Å². The summed E-state index contributed by atoms with van der Waals surface area (Å²) >= 11 is 0. The molecule has 5 nitrogen and oxygen atoms in total. The van der Waals surface area contributed by atoms with Crippen LogP contribution in [0.4, 0.5) is 0 Å².